The molecule has 0 aliphatic carbocycles. The Hall–Kier alpha value is -4.44. The van der Waals surface area contributed by atoms with Gasteiger partial charge in [-0.2, -0.15) is 5.26 Å². The van der Waals surface area contributed by atoms with Crippen LogP contribution in [0.4, 0.5) is 4.39 Å². The quantitative estimate of drug-likeness (QED) is 0.360. The summed E-state index contributed by atoms with van der Waals surface area (Å²) in [5.74, 6) is -0.618. The Bertz CT molecular complexity index is 1340. The van der Waals surface area contributed by atoms with Crippen molar-refractivity contribution >= 4 is 16.9 Å². The van der Waals surface area contributed by atoms with Crippen LogP contribution in [-0.4, -0.2) is 5.97 Å². The number of esters is 1. The number of nitrogens with zero attached hydrogens (tertiary/aromatic N) is 1. The predicted octanol–water partition coefficient (Wildman–Crippen LogP) is 4.82. The zero-order valence-electron chi connectivity index (χ0n) is 15.3. The molecule has 0 saturated heterocycles. The SMILES string of the molecule is N#Cc1ccc(C(=O)Oc2ccc3c(=O)c(Oc4ccc(F)cc4)coc3c2)cc1. The van der Waals surface area contributed by atoms with Crippen molar-refractivity contribution in [1.29, 1.82) is 5.26 Å². The van der Waals surface area contributed by atoms with Crippen LogP contribution in [0.5, 0.6) is 17.2 Å². The first kappa shape index (κ1) is 18.9. The molecule has 0 N–H and O–H groups in total. The van der Waals surface area contributed by atoms with E-state index in [9.17, 15) is 14.0 Å². The van der Waals surface area contributed by atoms with Crippen LogP contribution in [0.25, 0.3) is 11.0 Å². The van der Waals surface area contributed by atoms with E-state index in [1.807, 2.05) is 6.07 Å². The number of nitriles is 1. The smallest absolute Gasteiger partial charge is 0.343 e. The van der Waals surface area contributed by atoms with Gasteiger partial charge in [0.25, 0.3) is 0 Å². The van der Waals surface area contributed by atoms with E-state index in [2.05, 4.69) is 0 Å². The Morgan fingerprint density at radius 2 is 1.67 bits per heavy atom. The van der Waals surface area contributed by atoms with Crippen LogP contribution in [0.1, 0.15) is 15.9 Å². The van der Waals surface area contributed by atoms with Gasteiger partial charge in [-0.15, -0.1) is 0 Å². The summed E-state index contributed by atoms with van der Waals surface area (Å²) in [7, 11) is 0. The predicted molar refractivity (Wildman–Crippen MR) is 105 cm³/mol. The normalized spacial score (nSPS) is 10.4. The number of hydrogen-bond acceptors (Lipinski definition) is 6. The monoisotopic (exact) mass is 401 g/mol. The van der Waals surface area contributed by atoms with E-state index >= 15 is 0 Å². The highest BCUT2D eigenvalue weighted by molar-refractivity contribution is 5.91. The molecule has 0 amide bonds. The lowest BCUT2D eigenvalue weighted by molar-refractivity contribution is 0.0735. The minimum Gasteiger partial charge on any atom is -0.460 e. The Labute approximate surface area is 169 Å². The van der Waals surface area contributed by atoms with Gasteiger partial charge in [0.15, 0.2) is 0 Å². The zero-order valence-corrected chi connectivity index (χ0v) is 15.3. The van der Waals surface area contributed by atoms with Crippen LogP contribution in [0.2, 0.25) is 0 Å². The van der Waals surface area contributed by atoms with Crippen molar-refractivity contribution in [3.8, 4) is 23.3 Å². The number of hydrogen-bond donors (Lipinski definition) is 0. The van der Waals surface area contributed by atoms with Crippen molar-refractivity contribution in [2.24, 2.45) is 0 Å². The lowest BCUT2D eigenvalue weighted by Crippen LogP contribution is -2.09. The molecule has 0 unspecified atom stereocenters. The van der Waals surface area contributed by atoms with Crippen LogP contribution >= 0.6 is 0 Å². The minimum absolute atomic E-state index is 0.0589. The Morgan fingerprint density at radius 1 is 0.967 bits per heavy atom. The highest BCUT2D eigenvalue weighted by atomic mass is 19.1. The van der Waals surface area contributed by atoms with E-state index in [1.54, 1.807) is 0 Å². The van der Waals surface area contributed by atoms with Gasteiger partial charge in [-0.1, -0.05) is 0 Å². The number of rotatable bonds is 4. The first-order valence-electron chi connectivity index (χ1n) is 8.75. The topological polar surface area (TPSA) is 89.5 Å². The Kier molecular flexibility index (Phi) is 4.97. The summed E-state index contributed by atoms with van der Waals surface area (Å²) in [4.78, 5) is 24.9. The van der Waals surface area contributed by atoms with Gasteiger partial charge in [-0.25, -0.2) is 9.18 Å². The van der Waals surface area contributed by atoms with Crippen molar-refractivity contribution in [1.82, 2.24) is 0 Å². The molecule has 0 radical (unpaired) electrons. The molecule has 30 heavy (non-hydrogen) atoms. The summed E-state index contributed by atoms with van der Waals surface area (Å²) < 4.78 is 29.2. The van der Waals surface area contributed by atoms with Gasteiger partial charge in [0, 0.05) is 6.07 Å². The molecular weight excluding hydrogens is 389 g/mol. The van der Waals surface area contributed by atoms with Crippen LogP contribution in [0.15, 0.2) is 82.2 Å². The molecule has 0 aliphatic heterocycles. The molecule has 4 aromatic rings. The summed E-state index contributed by atoms with van der Waals surface area (Å²) in [6.45, 7) is 0. The highest BCUT2D eigenvalue weighted by Crippen LogP contribution is 2.24. The lowest BCUT2D eigenvalue weighted by atomic mass is 10.1. The second kappa shape index (κ2) is 7.89. The van der Waals surface area contributed by atoms with Crippen molar-refractivity contribution in [3.05, 3.63) is 100 Å². The fraction of sp³-hybridized carbons (Fsp3) is 0. The van der Waals surface area contributed by atoms with Crippen LogP contribution in [0, 0.1) is 17.1 Å². The summed E-state index contributed by atoms with van der Waals surface area (Å²) in [6, 6.07) is 17.5. The number of fused-ring (bicyclic) bond motifs is 1. The summed E-state index contributed by atoms with van der Waals surface area (Å²) >= 11 is 0. The van der Waals surface area contributed by atoms with Gasteiger partial charge in [-0.05, 0) is 60.7 Å². The zero-order chi connectivity index (χ0) is 21.1. The Balaban J connectivity index is 1.57. The number of ether oxygens (including phenoxy) is 2. The third-order valence-corrected chi connectivity index (χ3v) is 4.22. The molecule has 0 bridgehead atoms. The molecule has 1 heterocycles. The minimum atomic E-state index is -0.613. The van der Waals surface area contributed by atoms with Crippen LogP contribution < -0.4 is 14.9 Å². The second-order valence-electron chi connectivity index (χ2n) is 6.22. The number of halogens is 1. The molecule has 1 aromatic heterocycles. The fourth-order valence-corrected chi connectivity index (χ4v) is 2.70. The molecule has 4 rings (SSSR count). The van der Waals surface area contributed by atoms with Gasteiger partial charge in [0.05, 0.1) is 22.6 Å². The van der Waals surface area contributed by atoms with E-state index in [1.165, 1.54) is 66.7 Å². The van der Waals surface area contributed by atoms with E-state index < -0.39 is 17.2 Å². The van der Waals surface area contributed by atoms with Crippen molar-refractivity contribution < 1.29 is 23.1 Å². The van der Waals surface area contributed by atoms with Crippen molar-refractivity contribution in [3.63, 3.8) is 0 Å². The van der Waals surface area contributed by atoms with Gasteiger partial charge in [0.2, 0.25) is 11.2 Å². The second-order valence-corrected chi connectivity index (χ2v) is 6.22. The maximum atomic E-state index is 13.0. The number of benzene rings is 3. The average molecular weight is 401 g/mol. The van der Waals surface area contributed by atoms with E-state index in [0.29, 0.717) is 5.56 Å². The molecule has 7 heteroatoms. The largest absolute Gasteiger partial charge is 0.460 e. The number of carbonyl (C=O) groups is 1. The van der Waals surface area contributed by atoms with Crippen molar-refractivity contribution in [2.75, 3.05) is 0 Å². The maximum absolute atomic E-state index is 13.0. The van der Waals surface area contributed by atoms with E-state index in [-0.39, 0.29) is 33.8 Å². The summed E-state index contributed by atoms with van der Waals surface area (Å²) in [6.07, 6.45) is 1.14. The molecule has 0 aliphatic rings. The number of carbonyl (C=O) groups excluding carboxylic acids is 1. The third kappa shape index (κ3) is 3.88. The van der Waals surface area contributed by atoms with Gasteiger partial charge in [-0.3, -0.25) is 4.79 Å². The molecular formula is C23H12FNO5. The molecule has 0 spiro atoms. The molecule has 0 fully saturated rings. The molecule has 0 saturated carbocycles. The van der Waals surface area contributed by atoms with E-state index in [4.69, 9.17) is 19.2 Å². The van der Waals surface area contributed by atoms with Crippen LogP contribution in [0.3, 0.4) is 0 Å². The first-order valence-corrected chi connectivity index (χ1v) is 8.75. The average Bonchev–Trinajstić information content (AvgIpc) is 2.77. The van der Waals surface area contributed by atoms with E-state index in [0.717, 1.165) is 6.26 Å². The molecule has 6 nitrogen and oxygen atoms in total. The molecule has 3 aromatic carbocycles. The van der Waals surface area contributed by atoms with Crippen LogP contribution in [-0.2, 0) is 0 Å². The Morgan fingerprint density at radius 3 is 2.37 bits per heavy atom. The maximum Gasteiger partial charge on any atom is 0.343 e. The van der Waals surface area contributed by atoms with Gasteiger partial charge < -0.3 is 13.9 Å². The van der Waals surface area contributed by atoms with Gasteiger partial charge in [0.1, 0.15) is 29.2 Å². The van der Waals surface area contributed by atoms with Crippen molar-refractivity contribution in [2.45, 2.75) is 0 Å². The van der Waals surface area contributed by atoms with Gasteiger partial charge >= 0.3 is 5.97 Å². The first-order chi connectivity index (χ1) is 14.5. The highest BCUT2D eigenvalue weighted by Gasteiger charge is 2.13. The fourth-order valence-electron chi connectivity index (χ4n) is 2.70. The lowest BCUT2D eigenvalue weighted by Gasteiger charge is -2.07. The summed E-state index contributed by atoms with van der Waals surface area (Å²) in [5.41, 5.74) is 0.485. The standard InChI is InChI=1S/C23H12FNO5/c24-16-5-7-17(8-6-16)29-21-13-28-20-11-18(9-10-19(20)22(21)26)30-23(27)15-3-1-14(12-25)2-4-15/h1-11,13H. The molecule has 0 atom stereocenters. The summed E-state index contributed by atoms with van der Waals surface area (Å²) in [5, 5.41) is 9.04. The molecule has 146 valence electrons. The third-order valence-electron chi connectivity index (χ3n) is 4.22.